The summed E-state index contributed by atoms with van der Waals surface area (Å²) in [6, 6.07) is 12.1. The predicted octanol–water partition coefficient (Wildman–Crippen LogP) is 6.31. The summed E-state index contributed by atoms with van der Waals surface area (Å²) in [5, 5.41) is 0. The van der Waals surface area contributed by atoms with E-state index in [1.807, 2.05) is 0 Å². The van der Waals surface area contributed by atoms with Gasteiger partial charge in [-0.25, -0.2) is 0 Å². The number of aryl methyl sites for hydroxylation is 1. The first-order valence-corrected chi connectivity index (χ1v) is 10.3. The van der Waals surface area contributed by atoms with E-state index in [4.69, 9.17) is 0 Å². The van der Waals surface area contributed by atoms with Gasteiger partial charge in [-0.2, -0.15) is 4.57 Å². The van der Waals surface area contributed by atoms with Crippen molar-refractivity contribution in [1.29, 1.82) is 0 Å². The van der Waals surface area contributed by atoms with Crippen molar-refractivity contribution in [2.45, 2.75) is 84.6 Å². The Morgan fingerprint density at radius 1 is 1.00 bits per heavy atom. The van der Waals surface area contributed by atoms with E-state index in [9.17, 15) is 0 Å². The summed E-state index contributed by atoms with van der Waals surface area (Å²) in [6.07, 6.45) is 9.69. The lowest BCUT2D eigenvalue weighted by Gasteiger charge is -2.41. The largest absolute Gasteiger partial charge is 0.216 e. The van der Waals surface area contributed by atoms with Gasteiger partial charge in [0.05, 0.1) is 11.0 Å². The molecule has 0 radical (unpaired) electrons. The van der Waals surface area contributed by atoms with E-state index in [0.717, 1.165) is 0 Å². The van der Waals surface area contributed by atoms with Gasteiger partial charge >= 0.3 is 0 Å². The average molecular weight is 337 g/mol. The number of unbranched alkanes of at least 4 members (excludes halogenated alkanes) is 1. The summed E-state index contributed by atoms with van der Waals surface area (Å²) in [4.78, 5) is 0. The number of hydrogen-bond acceptors (Lipinski definition) is 0. The lowest BCUT2D eigenvalue weighted by molar-refractivity contribution is -0.725. The molecule has 1 atom stereocenters. The Hall–Kier alpha value is -1.63. The van der Waals surface area contributed by atoms with Gasteiger partial charge in [-0.15, -0.1) is 0 Å². The van der Waals surface area contributed by atoms with Gasteiger partial charge in [0.2, 0.25) is 5.69 Å². The van der Waals surface area contributed by atoms with Crippen molar-refractivity contribution < 1.29 is 4.57 Å². The van der Waals surface area contributed by atoms with Crippen LogP contribution in [0, 0.1) is 6.92 Å². The first kappa shape index (κ1) is 18.2. The first-order chi connectivity index (χ1) is 12.1. The number of aromatic nitrogens is 1. The van der Waals surface area contributed by atoms with Gasteiger partial charge in [-0.05, 0) is 49.8 Å². The van der Waals surface area contributed by atoms with Gasteiger partial charge < -0.3 is 0 Å². The van der Waals surface area contributed by atoms with Crippen LogP contribution in [0.3, 0.4) is 0 Å². The van der Waals surface area contributed by atoms with E-state index in [1.165, 1.54) is 60.9 Å². The Morgan fingerprint density at radius 3 is 2.36 bits per heavy atom. The molecule has 134 valence electrons. The maximum Gasteiger partial charge on any atom is 0.216 e. The highest BCUT2D eigenvalue weighted by Gasteiger charge is 2.49. The predicted molar refractivity (Wildman–Crippen MR) is 107 cm³/mol. The highest BCUT2D eigenvalue weighted by Crippen LogP contribution is 2.49. The zero-order chi connectivity index (χ0) is 18.0. The highest BCUT2D eigenvalue weighted by molar-refractivity contribution is 5.68. The van der Waals surface area contributed by atoms with E-state index in [-0.39, 0.29) is 5.41 Å². The van der Waals surface area contributed by atoms with Crippen molar-refractivity contribution in [3.05, 3.63) is 53.2 Å². The van der Waals surface area contributed by atoms with E-state index in [2.05, 4.69) is 75.7 Å². The number of rotatable bonds is 6. The number of hydrogen-bond donors (Lipinski definition) is 0. The lowest BCUT2D eigenvalue weighted by atomic mass is 9.65. The molecule has 3 rings (SSSR count). The molecule has 1 heteroatoms. The molecule has 0 saturated carbocycles. The molecule has 1 aliphatic heterocycles. The van der Waals surface area contributed by atoms with Crippen molar-refractivity contribution in [3.8, 4) is 11.3 Å². The van der Waals surface area contributed by atoms with Gasteiger partial charge in [0, 0.05) is 18.1 Å². The maximum absolute atomic E-state index is 2.61. The SMILES string of the molecule is CCCCc1cc[n+]2c(c1C)-c1ccccc1C(CC)(CC)C2CC. The Kier molecular flexibility index (Phi) is 5.32. The van der Waals surface area contributed by atoms with Gasteiger partial charge in [0.1, 0.15) is 0 Å². The van der Waals surface area contributed by atoms with Crippen molar-refractivity contribution in [2.75, 3.05) is 0 Å². The summed E-state index contributed by atoms with van der Waals surface area (Å²) < 4.78 is 2.61. The second-order valence-corrected chi connectivity index (χ2v) is 7.66. The lowest BCUT2D eigenvalue weighted by Crippen LogP contribution is -2.55. The molecule has 1 nitrogen and oxygen atoms in total. The molecule has 0 N–H and O–H groups in total. The van der Waals surface area contributed by atoms with Crippen LogP contribution in [-0.4, -0.2) is 0 Å². The molecule has 1 unspecified atom stereocenters. The number of nitrogens with zero attached hydrogens (tertiary/aromatic N) is 1. The molecule has 2 aromatic rings. The molecule has 1 aromatic heterocycles. The molecular weight excluding hydrogens is 302 g/mol. The number of fused-ring (bicyclic) bond motifs is 3. The van der Waals surface area contributed by atoms with Crippen LogP contribution in [0.15, 0.2) is 36.5 Å². The topological polar surface area (TPSA) is 3.88 Å². The smallest absolute Gasteiger partial charge is 0.194 e. The third-order valence-electron chi connectivity index (χ3n) is 6.67. The van der Waals surface area contributed by atoms with Crippen LogP contribution in [0.2, 0.25) is 0 Å². The molecule has 0 fully saturated rings. The van der Waals surface area contributed by atoms with Crippen molar-refractivity contribution in [1.82, 2.24) is 0 Å². The van der Waals surface area contributed by atoms with Crippen LogP contribution in [0.1, 0.15) is 82.5 Å². The molecule has 0 spiro atoms. The Morgan fingerprint density at radius 2 is 1.72 bits per heavy atom. The van der Waals surface area contributed by atoms with Crippen molar-refractivity contribution in [2.24, 2.45) is 0 Å². The Bertz CT molecular complexity index is 740. The van der Waals surface area contributed by atoms with Crippen LogP contribution in [-0.2, 0) is 11.8 Å². The molecule has 0 amide bonds. The zero-order valence-electron chi connectivity index (χ0n) is 16.7. The number of benzene rings is 1. The van der Waals surface area contributed by atoms with Crippen LogP contribution in [0.5, 0.6) is 0 Å². The minimum absolute atomic E-state index is 0.250. The Balaban J connectivity index is 2.28. The molecule has 1 aliphatic rings. The van der Waals surface area contributed by atoms with Gasteiger partial charge in [0.25, 0.3) is 0 Å². The highest BCUT2D eigenvalue weighted by atomic mass is 15.0. The normalized spacial score (nSPS) is 17.9. The third-order valence-corrected chi connectivity index (χ3v) is 6.67. The maximum atomic E-state index is 2.61. The van der Waals surface area contributed by atoms with Crippen LogP contribution in [0.25, 0.3) is 11.3 Å². The summed E-state index contributed by atoms with van der Waals surface area (Å²) in [6.45, 7) is 11.7. The second-order valence-electron chi connectivity index (χ2n) is 7.66. The summed E-state index contributed by atoms with van der Waals surface area (Å²) >= 11 is 0. The molecular formula is C24H34N+. The van der Waals surface area contributed by atoms with Crippen molar-refractivity contribution >= 4 is 0 Å². The molecule has 0 saturated heterocycles. The summed E-state index contributed by atoms with van der Waals surface area (Å²) in [5.41, 5.74) is 7.77. The minimum Gasteiger partial charge on any atom is -0.194 e. The average Bonchev–Trinajstić information content (AvgIpc) is 2.66. The zero-order valence-corrected chi connectivity index (χ0v) is 16.7. The molecule has 0 bridgehead atoms. The van der Waals surface area contributed by atoms with Crippen LogP contribution < -0.4 is 4.57 Å². The first-order valence-electron chi connectivity index (χ1n) is 10.3. The monoisotopic (exact) mass is 336 g/mol. The molecule has 1 aromatic carbocycles. The quantitative estimate of drug-likeness (QED) is 0.544. The fourth-order valence-electron chi connectivity index (χ4n) is 5.21. The van der Waals surface area contributed by atoms with Gasteiger partial charge in [-0.3, -0.25) is 0 Å². The van der Waals surface area contributed by atoms with E-state index >= 15 is 0 Å². The second kappa shape index (κ2) is 7.32. The van der Waals surface area contributed by atoms with Crippen molar-refractivity contribution in [3.63, 3.8) is 0 Å². The third kappa shape index (κ3) is 2.72. The summed E-state index contributed by atoms with van der Waals surface area (Å²) in [7, 11) is 0. The van der Waals surface area contributed by atoms with Crippen LogP contribution >= 0.6 is 0 Å². The fraction of sp³-hybridized carbons (Fsp3) is 0.542. The fourth-order valence-corrected chi connectivity index (χ4v) is 5.21. The summed E-state index contributed by atoms with van der Waals surface area (Å²) in [5.74, 6) is 0. The van der Waals surface area contributed by atoms with Gasteiger partial charge in [-0.1, -0.05) is 52.3 Å². The molecule has 2 heterocycles. The number of pyridine rings is 1. The molecule has 25 heavy (non-hydrogen) atoms. The van der Waals surface area contributed by atoms with Gasteiger partial charge in [0.15, 0.2) is 12.2 Å². The standard InChI is InChI=1S/C24H34N/c1-6-10-13-19-16-17-25-22(7-2)24(8-3,9-4)21-15-12-11-14-20(21)23(25)18(19)5/h11-12,14-17,22H,6-10,13H2,1-5H3/q+1. The van der Waals surface area contributed by atoms with E-state index in [1.54, 1.807) is 5.56 Å². The van der Waals surface area contributed by atoms with E-state index < -0.39 is 0 Å². The Labute approximate surface area is 154 Å². The van der Waals surface area contributed by atoms with Crippen LogP contribution in [0.4, 0.5) is 0 Å². The molecule has 0 aliphatic carbocycles. The van der Waals surface area contributed by atoms with E-state index in [0.29, 0.717) is 6.04 Å². The minimum atomic E-state index is 0.250.